The number of nitrogens with zero attached hydrogens (tertiary/aromatic N) is 3. The van der Waals surface area contributed by atoms with Crippen LogP contribution in [0.25, 0.3) is 0 Å². The van der Waals surface area contributed by atoms with Crippen molar-refractivity contribution >= 4 is 11.3 Å². The van der Waals surface area contributed by atoms with Gasteiger partial charge in [-0.25, -0.2) is 9.97 Å². The number of hydrogen-bond donors (Lipinski definition) is 1. The summed E-state index contributed by atoms with van der Waals surface area (Å²) in [5.74, 6) is 0. The van der Waals surface area contributed by atoms with Crippen LogP contribution in [-0.4, -0.2) is 34.8 Å². The largest absolute Gasteiger partial charge is 0.383 e. The summed E-state index contributed by atoms with van der Waals surface area (Å²) in [7, 11) is 1.71. The van der Waals surface area contributed by atoms with Crippen LogP contribution in [0.1, 0.15) is 15.6 Å². The summed E-state index contributed by atoms with van der Waals surface area (Å²) in [5.41, 5.74) is 1.18. The van der Waals surface area contributed by atoms with E-state index in [1.807, 2.05) is 25.6 Å². The summed E-state index contributed by atoms with van der Waals surface area (Å²) in [6, 6.07) is 0. The summed E-state index contributed by atoms with van der Waals surface area (Å²) < 4.78 is 7.14. The van der Waals surface area contributed by atoms with Crippen LogP contribution in [0.4, 0.5) is 0 Å². The van der Waals surface area contributed by atoms with E-state index in [1.165, 1.54) is 10.6 Å². The molecule has 0 unspecified atom stereocenters. The molecule has 0 amide bonds. The first-order valence-electron chi connectivity index (χ1n) is 5.89. The van der Waals surface area contributed by atoms with Crippen LogP contribution in [0.5, 0.6) is 0 Å². The van der Waals surface area contributed by atoms with Gasteiger partial charge in [-0.2, -0.15) is 0 Å². The molecule has 2 aromatic rings. The Balaban J connectivity index is 1.91. The van der Waals surface area contributed by atoms with Crippen molar-refractivity contribution in [3.05, 3.63) is 34.3 Å². The van der Waals surface area contributed by atoms with E-state index in [1.54, 1.807) is 18.4 Å². The van der Waals surface area contributed by atoms with Crippen molar-refractivity contribution in [2.75, 3.05) is 20.3 Å². The maximum Gasteiger partial charge on any atom is 0.0952 e. The van der Waals surface area contributed by atoms with E-state index in [9.17, 15) is 0 Å². The highest BCUT2D eigenvalue weighted by Gasteiger charge is 2.04. The van der Waals surface area contributed by atoms with Gasteiger partial charge in [0, 0.05) is 37.5 Å². The van der Waals surface area contributed by atoms with Gasteiger partial charge in [0.1, 0.15) is 0 Å². The number of aromatic nitrogens is 3. The van der Waals surface area contributed by atoms with Crippen LogP contribution in [0.15, 0.2) is 18.7 Å². The van der Waals surface area contributed by atoms with Crippen LogP contribution in [0.3, 0.4) is 0 Å². The Labute approximate surface area is 111 Å². The molecule has 2 heterocycles. The quantitative estimate of drug-likeness (QED) is 0.770. The molecule has 6 heteroatoms. The summed E-state index contributed by atoms with van der Waals surface area (Å²) in [6.45, 7) is 5.24. The Bertz CT molecular complexity index is 480. The lowest BCUT2D eigenvalue weighted by molar-refractivity contribution is 0.199. The zero-order valence-corrected chi connectivity index (χ0v) is 11.5. The van der Waals surface area contributed by atoms with Crippen LogP contribution in [0.2, 0.25) is 0 Å². The van der Waals surface area contributed by atoms with Crippen molar-refractivity contribution in [2.45, 2.75) is 20.0 Å². The third kappa shape index (κ3) is 3.63. The minimum Gasteiger partial charge on any atom is -0.383 e. The topological polar surface area (TPSA) is 52.0 Å². The van der Waals surface area contributed by atoms with Gasteiger partial charge in [-0.1, -0.05) is 0 Å². The first-order valence-corrected chi connectivity index (χ1v) is 6.71. The van der Waals surface area contributed by atoms with Crippen LogP contribution in [0, 0.1) is 6.92 Å². The summed E-state index contributed by atoms with van der Waals surface area (Å²) >= 11 is 1.73. The van der Waals surface area contributed by atoms with Gasteiger partial charge < -0.3 is 14.6 Å². The van der Waals surface area contributed by atoms with E-state index < -0.39 is 0 Å². The Morgan fingerprint density at radius 3 is 3.06 bits per heavy atom. The lowest BCUT2D eigenvalue weighted by Gasteiger charge is -2.07. The molecule has 1 N–H and O–H groups in total. The maximum absolute atomic E-state index is 5.00. The van der Waals surface area contributed by atoms with Crippen molar-refractivity contribution in [1.29, 1.82) is 0 Å². The minimum atomic E-state index is 0.724. The summed E-state index contributed by atoms with van der Waals surface area (Å²) in [5, 5.41) is 4.42. The zero-order valence-electron chi connectivity index (χ0n) is 10.7. The standard InChI is InChI=1S/C12H18N4OS/c1-10-15-7-12(18-10)8-16-9-14-6-11(16)5-13-3-4-17-2/h6-7,9,13H,3-5,8H2,1-2H3. The molecule has 0 saturated heterocycles. The van der Waals surface area contributed by atoms with E-state index in [-0.39, 0.29) is 0 Å². The fourth-order valence-corrected chi connectivity index (χ4v) is 2.47. The maximum atomic E-state index is 5.00. The van der Waals surface area contributed by atoms with Gasteiger partial charge in [0.05, 0.1) is 30.2 Å². The van der Waals surface area contributed by atoms with Crippen LogP contribution >= 0.6 is 11.3 Å². The first kappa shape index (κ1) is 13.2. The number of methoxy groups -OCH3 is 1. The van der Waals surface area contributed by atoms with Gasteiger partial charge in [-0.3, -0.25) is 0 Å². The molecule has 0 aromatic carbocycles. The lowest BCUT2D eigenvalue weighted by Crippen LogP contribution is -2.20. The van der Waals surface area contributed by atoms with Crippen LogP contribution < -0.4 is 5.32 Å². The molecule has 2 rings (SSSR count). The minimum absolute atomic E-state index is 0.724. The second kappa shape index (κ2) is 6.63. The Hall–Kier alpha value is -1.24. The molecule has 0 saturated carbocycles. The molecular formula is C12H18N4OS. The third-order valence-electron chi connectivity index (χ3n) is 2.58. The molecule has 98 valence electrons. The highest BCUT2D eigenvalue weighted by molar-refractivity contribution is 7.11. The molecule has 0 fully saturated rings. The number of hydrogen-bond acceptors (Lipinski definition) is 5. The molecule has 0 aliphatic heterocycles. The van der Waals surface area contributed by atoms with Crippen molar-refractivity contribution < 1.29 is 4.74 Å². The van der Waals surface area contributed by atoms with E-state index in [0.717, 1.165) is 31.2 Å². The predicted molar refractivity (Wildman–Crippen MR) is 71.8 cm³/mol. The SMILES string of the molecule is COCCNCc1cncn1Cc1cnc(C)s1. The lowest BCUT2D eigenvalue weighted by atomic mass is 10.4. The van der Waals surface area contributed by atoms with Crippen LogP contribution in [-0.2, 0) is 17.8 Å². The Morgan fingerprint density at radius 1 is 1.44 bits per heavy atom. The van der Waals surface area contributed by atoms with Gasteiger partial charge in [0.25, 0.3) is 0 Å². The normalized spacial score (nSPS) is 11.0. The average Bonchev–Trinajstić information content (AvgIpc) is 2.95. The monoisotopic (exact) mass is 266 g/mol. The fourth-order valence-electron chi connectivity index (χ4n) is 1.67. The summed E-state index contributed by atoms with van der Waals surface area (Å²) in [6.07, 6.45) is 5.69. The number of rotatable bonds is 7. The highest BCUT2D eigenvalue weighted by atomic mass is 32.1. The molecule has 5 nitrogen and oxygen atoms in total. The van der Waals surface area contributed by atoms with E-state index in [4.69, 9.17) is 4.74 Å². The molecular weight excluding hydrogens is 248 g/mol. The second-order valence-corrected chi connectivity index (χ2v) is 5.35. The van der Waals surface area contributed by atoms with E-state index >= 15 is 0 Å². The Kier molecular flexibility index (Phi) is 4.86. The van der Waals surface area contributed by atoms with Gasteiger partial charge in [-0.05, 0) is 6.92 Å². The number of aryl methyl sites for hydroxylation is 1. The molecule has 0 aliphatic carbocycles. The van der Waals surface area contributed by atoms with E-state index in [2.05, 4.69) is 19.9 Å². The van der Waals surface area contributed by atoms with Gasteiger partial charge in [-0.15, -0.1) is 11.3 Å². The predicted octanol–water partition coefficient (Wildman–Crippen LogP) is 1.43. The second-order valence-electron chi connectivity index (χ2n) is 4.03. The van der Waals surface area contributed by atoms with Gasteiger partial charge >= 0.3 is 0 Å². The molecule has 0 bridgehead atoms. The van der Waals surface area contributed by atoms with Gasteiger partial charge in [0.15, 0.2) is 0 Å². The molecule has 0 atom stereocenters. The van der Waals surface area contributed by atoms with Crippen molar-refractivity contribution in [1.82, 2.24) is 19.9 Å². The number of imidazole rings is 1. The first-order chi connectivity index (χ1) is 8.79. The number of thiazole rings is 1. The number of ether oxygens (including phenoxy) is 1. The van der Waals surface area contributed by atoms with Crippen molar-refractivity contribution in [3.8, 4) is 0 Å². The van der Waals surface area contributed by atoms with E-state index in [0.29, 0.717) is 0 Å². The Morgan fingerprint density at radius 2 is 2.33 bits per heavy atom. The fraction of sp³-hybridized carbons (Fsp3) is 0.500. The third-order valence-corrected chi connectivity index (χ3v) is 3.48. The zero-order chi connectivity index (χ0) is 12.8. The molecule has 0 spiro atoms. The highest BCUT2D eigenvalue weighted by Crippen LogP contribution is 2.14. The smallest absolute Gasteiger partial charge is 0.0952 e. The van der Waals surface area contributed by atoms with Crippen molar-refractivity contribution in [3.63, 3.8) is 0 Å². The summed E-state index contributed by atoms with van der Waals surface area (Å²) in [4.78, 5) is 9.72. The average molecular weight is 266 g/mol. The molecule has 0 radical (unpaired) electrons. The molecule has 0 aliphatic rings. The molecule has 18 heavy (non-hydrogen) atoms. The van der Waals surface area contributed by atoms with Crippen molar-refractivity contribution in [2.24, 2.45) is 0 Å². The van der Waals surface area contributed by atoms with Gasteiger partial charge in [0.2, 0.25) is 0 Å². The number of nitrogens with one attached hydrogen (secondary N) is 1. The molecule has 2 aromatic heterocycles.